The van der Waals surface area contributed by atoms with Crippen molar-refractivity contribution in [1.29, 1.82) is 0 Å². The Bertz CT molecular complexity index is 1710. The summed E-state index contributed by atoms with van der Waals surface area (Å²) in [6.45, 7) is 0.0739. The molecular weight excluding hydrogens is 518 g/mol. The lowest BCUT2D eigenvalue weighted by atomic mass is 10.1. The summed E-state index contributed by atoms with van der Waals surface area (Å²) in [5, 5.41) is 5.28. The number of methoxy groups -OCH3 is 1. The molecule has 4 aromatic rings. The van der Waals surface area contributed by atoms with Gasteiger partial charge in [-0.25, -0.2) is 14.8 Å². The summed E-state index contributed by atoms with van der Waals surface area (Å²) in [6.07, 6.45) is 2.50. The molecule has 1 aromatic carbocycles. The number of carbonyl (C=O) groups excluding carboxylic acids is 3. The molecule has 0 spiro atoms. The second kappa shape index (κ2) is 9.51. The van der Waals surface area contributed by atoms with E-state index in [-0.39, 0.29) is 52.2 Å². The fourth-order valence-electron chi connectivity index (χ4n) is 3.96. The van der Waals surface area contributed by atoms with Gasteiger partial charge in [-0.3, -0.25) is 14.3 Å². The number of aromatic amines is 1. The molecule has 0 saturated carbocycles. The van der Waals surface area contributed by atoms with Gasteiger partial charge in [0, 0.05) is 19.8 Å². The zero-order valence-corrected chi connectivity index (χ0v) is 20.9. The van der Waals surface area contributed by atoms with Crippen molar-refractivity contribution in [3.05, 3.63) is 59.8 Å². The molecule has 196 valence electrons. The lowest BCUT2D eigenvalue weighted by Crippen LogP contribution is -2.26. The summed E-state index contributed by atoms with van der Waals surface area (Å²) in [7, 11) is -1.52. The van der Waals surface area contributed by atoms with Crippen LogP contribution in [0.2, 0.25) is 0 Å². The van der Waals surface area contributed by atoms with Crippen LogP contribution in [-0.2, 0) is 33.1 Å². The van der Waals surface area contributed by atoms with Gasteiger partial charge in [-0.05, 0) is 29.8 Å². The van der Waals surface area contributed by atoms with Crippen molar-refractivity contribution in [1.82, 2.24) is 24.8 Å². The number of benzene rings is 1. The fourth-order valence-corrected chi connectivity index (χ4v) is 5.22. The monoisotopic (exact) mass is 539 g/mol. The summed E-state index contributed by atoms with van der Waals surface area (Å²) >= 11 is 0. The smallest absolute Gasteiger partial charge is 0.354 e. The maximum absolute atomic E-state index is 13.0. The van der Waals surface area contributed by atoms with E-state index in [4.69, 9.17) is 4.74 Å². The van der Waals surface area contributed by atoms with Crippen LogP contribution in [0.5, 0.6) is 5.75 Å². The van der Waals surface area contributed by atoms with Gasteiger partial charge in [-0.1, -0.05) is 6.07 Å². The summed E-state index contributed by atoms with van der Waals surface area (Å²) in [6, 6.07) is 7.75. The predicted octanol–water partition coefficient (Wildman–Crippen LogP) is 1.14. The van der Waals surface area contributed by atoms with Gasteiger partial charge >= 0.3 is 5.97 Å². The van der Waals surface area contributed by atoms with Crippen LogP contribution < -0.4 is 20.1 Å². The highest BCUT2D eigenvalue weighted by Crippen LogP contribution is 2.29. The quantitative estimate of drug-likeness (QED) is 0.250. The van der Waals surface area contributed by atoms with E-state index in [1.807, 2.05) is 0 Å². The molecule has 5 rings (SSSR count). The molecule has 1 aliphatic heterocycles. The minimum atomic E-state index is -4.13. The highest BCUT2D eigenvalue weighted by molar-refractivity contribution is 7.92. The number of H-pyrrole nitrogens is 1. The number of nitrogens with one attached hydrogen (secondary N) is 4. The molecule has 0 bridgehead atoms. The number of fused-ring (bicyclic) bond motifs is 2. The van der Waals surface area contributed by atoms with Crippen molar-refractivity contribution in [2.24, 2.45) is 7.05 Å². The van der Waals surface area contributed by atoms with Crippen LogP contribution in [0.4, 0.5) is 11.4 Å². The molecule has 0 unspecified atom stereocenters. The van der Waals surface area contributed by atoms with Gasteiger partial charge in [0.05, 0.1) is 24.0 Å². The molecule has 0 aliphatic carbocycles. The summed E-state index contributed by atoms with van der Waals surface area (Å²) in [5.41, 5.74) is 1.75. The molecule has 1 aliphatic rings. The number of anilines is 2. The number of sulfonamides is 1. The first-order chi connectivity index (χ1) is 18.2. The zero-order valence-electron chi connectivity index (χ0n) is 20.1. The number of aromatic nitrogens is 4. The van der Waals surface area contributed by atoms with E-state index in [0.717, 1.165) is 6.33 Å². The Hall–Kier alpha value is -4.92. The maximum atomic E-state index is 13.0. The largest absolute Gasteiger partial charge is 0.482 e. The number of hydrogen-bond acceptors (Lipinski definition) is 9. The minimum absolute atomic E-state index is 0.00175. The average Bonchev–Trinajstić information content (AvgIpc) is 3.50. The molecule has 14 nitrogen and oxygen atoms in total. The molecule has 4 heterocycles. The van der Waals surface area contributed by atoms with Crippen LogP contribution in [0.1, 0.15) is 26.5 Å². The van der Waals surface area contributed by atoms with E-state index in [0.29, 0.717) is 17.0 Å². The minimum Gasteiger partial charge on any atom is -0.482 e. The highest BCUT2D eigenvalue weighted by Gasteiger charge is 2.25. The van der Waals surface area contributed by atoms with Gasteiger partial charge in [0.2, 0.25) is 0 Å². The van der Waals surface area contributed by atoms with E-state index in [2.05, 4.69) is 35.0 Å². The van der Waals surface area contributed by atoms with Crippen molar-refractivity contribution in [3.63, 3.8) is 0 Å². The van der Waals surface area contributed by atoms with Crippen LogP contribution in [0, 0.1) is 0 Å². The molecule has 2 amide bonds. The number of amides is 2. The molecule has 15 heteroatoms. The molecule has 0 saturated heterocycles. The SMILES string of the molecule is COC(=O)c1ccc(S(=O)(=O)Nc2c[nH]c3c(C(=O)NCc4ccc5c(c4)NC(=O)CO5)ncnc23)n1C. The van der Waals surface area contributed by atoms with Crippen LogP contribution in [0.25, 0.3) is 11.0 Å². The van der Waals surface area contributed by atoms with Gasteiger partial charge < -0.3 is 29.7 Å². The van der Waals surface area contributed by atoms with E-state index in [1.54, 1.807) is 18.2 Å². The number of ether oxygens (including phenoxy) is 2. The first-order valence-corrected chi connectivity index (χ1v) is 12.6. The number of nitrogens with zero attached hydrogens (tertiary/aromatic N) is 3. The van der Waals surface area contributed by atoms with Crippen molar-refractivity contribution in [3.8, 4) is 5.75 Å². The molecule has 0 fully saturated rings. The Labute approximate surface area is 215 Å². The van der Waals surface area contributed by atoms with Gasteiger partial charge in [0.1, 0.15) is 23.3 Å². The lowest BCUT2D eigenvalue weighted by molar-refractivity contribution is -0.118. The Morgan fingerprint density at radius 3 is 2.82 bits per heavy atom. The van der Waals surface area contributed by atoms with Gasteiger partial charge in [-0.15, -0.1) is 0 Å². The van der Waals surface area contributed by atoms with Crippen LogP contribution >= 0.6 is 0 Å². The summed E-state index contributed by atoms with van der Waals surface area (Å²) in [5.74, 6) is -0.943. The van der Waals surface area contributed by atoms with Crippen LogP contribution in [0.3, 0.4) is 0 Å². The summed E-state index contributed by atoms with van der Waals surface area (Å²) < 4.78 is 39.7. The third-order valence-electron chi connectivity index (χ3n) is 5.80. The normalized spacial score (nSPS) is 12.8. The third-order valence-corrected chi connectivity index (χ3v) is 7.25. The average molecular weight is 540 g/mol. The molecule has 3 aromatic heterocycles. The first-order valence-electron chi connectivity index (χ1n) is 11.1. The number of carbonyl (C=O) groups is 3. The Morgan fingerprint density at radius 1 is 1.21 bits per heavy atom. The highest BCUT2D eigenvalue weighted by atomic mass is 32.2. The van der Waals surface area contributed by atoms with Crippen molar-refractivity contribution < 1.29 is 32.3 Å². The van der Waals surface area contributed by atoms with E-state index in [1.165, 1.54) is 37.1 Å². The van der Waals surface area contributed by atoms with E-state index < -0.39 is 21.9 Å². The van der Waals surface area contributed by atoms with Gasteiger partial charge in [0.15, 0.2) is 17.3 Å². The number of hydrogen-bond donors (Lipinski definition) is 4. The van der Waals surface area contributed by atoms with E-state index in [9.17, 15) is 22.8 Å². The topological polar surface area (TPSA) is 186 Å². The Morgan fingerprint density at radius 2 is 2.03 bits per heavy atom. The van der Waals surface area contributed by atoms with Crippen molar-refractivity contribution in [2.75, 3.05) is 23.8 Å². The maximum Gasteiger partial charge on any atom is 0.354 e. The molecule has 0 atom stereocenters. The second-order valence-corrected chi connectivity index (χ2v) is 9.84. The second-order valence-electron chi connectivity index (χ2n) is 8.21. The molecular formula is C23H21N7O7S. The number of rotatable bonds is 7. The fraction of sp³-hybridized carbons (Fsp3) is 0.174. The number of esters is 1. The first kappa shape index (κ1) is 24.8. The molecule has 4 N–H and O–H groups in total. The predicted molar refractivity (Wildman–Crippen MR) is 133 cm³/mol. The van der Waals surface area contributed by atoms with Crippen molar-refractivity contribution in [2.45, 2.75) is 11.6 Å². The standard InChI is InChI=1S/C23H21N7O7S/c1-30-15(23(33)36-2)4-6-18(30)38(34,35)29-14-9-24-20-19(14)26-11-27-21(20)22(32)25-8-12-3-5-16-13(7-12)28-17(31)10-37-16/h3-7,9,11,24,29H,8,10H2,1-2H3,(H,25,32)(H,28,31). The van der Waals surface area contributed by atoms with Gasteiger partial charge in [-0.2, -0.15) is 8.42 Å². The zero-order chi connectivity index (χ0) is 27.0. The third kappa shape index (κ3) is 4.50. The summed E-state index contributed by atoms with van der Waals surface area (Å²) in [4.78, 5) is 47.3. The van der Waals surface area contributed by atoms with E-state index >= 15 is 0 Å². The Kier molecular flexibility index (Phi) is 6.20. The molecule has 0 radical (unpaired) electrons. The van der Waals surface area contributed by atoms with Crippen LogP contribution in [0.15, 0.2) is 47.9 Å². The lowest BCUT2D eigenvalue weighted by Gasteiger charge is -2.18. The van der Waals surface area contributed by atoms with Crippen molar-refractivity contribution >= 4 is 50.2 Å². The van der Waals surface area contributed by atoms with Crippen LogP contribution in [-0.4, -0.2) is 59.4 Å². The Balaban J connectivity index is 1.35. The van der Waals surface area contributed by atoms with Gasteiger partial charge in [0.25, 0.3) is 21.8 Å². The molecule has 38 heavy (non-hydrogen) atoms.